The lowest BCUT2D eigenvalue weighted by atomic mass is 10.1. The summed E-state index contributed by atoms with van der Waals surface area (Å²) in [5.74, 6) is -2.28. The third-order valence-corrected chi connectivity index (χ3v) is 2.48. The van der Waals surface area contributed by atoms with Gasteiger partial charge in [0.1, 0.15) is 6.04 Å². The van der Waals surface area contributed by atoms with Gasteiger partial charge in [-0.05, 0) is 18.1 Å². The zero-order valence-corrected chi connectivity index (χ0v) is 9.51. The topological polar surface area (TPSA) is 86.6 Å². The summed E-state index contributed by atoms with van der Waals surface area (Å²) in [4.78, 5) is 21.3. The zero-order chi connectivity index (χ0) is 12.8. The second-order valence-electron chi connectivity index (χ2n) is 3.80. The molecule has 0 aliphatic carbocycles. The molecule has 3 N–H and O–H groups in total. The highest BCUT2D eigenvalue weighted by molar-refractivity contribution is 5.80. The lowest BCUT2D eigenvalue weighted by Gasteiger charge is -2.13. The Morgan fingerprint density at radius 1 is 1.29 bits per heavy atom. The Balaban J connectivity index is 2.61. The average molecular weight is 237 g/mol. The van der Waals surface area contributed by atoms with Gasteiger partial charge >= 0.3 is 11.9 Å². The zero-order valence-electron chi connectivity index (χ0n) is 9.51. The Bertz CT molecular complexity index is 417. The van der Waals surface area contributed by atoms with Crippen LogP contribution < -0.4 is 5.32 Å². The monoisotopic (exact) mass is 237 g/mol. The van der Waals surface area contributed by atoms with Crippen molar-refractivity contribution in [2.24, 2.45) is 0 Å². The Kier molecular flexibility index (Phi) is 4.66. The van der Waals surface area contributed by atoms with Crippen molar-refractivity contribution in [3.8, 4) is 0 Å². The molecule has 5 nitrogen and oxygen atoms in total. The predicted molar refractivity (Wildman–Crippen MR) is 61.7 cm³/mol. The number of carboxylic acid groups (broad SMARTS) is 2. The minimum Gasteiger partial charge on any atom is -0.481 e. The highest BCUT2D eigenvalue weighted by atomic mass is 16.4. The predicted octanol–water partition coefficient (Wildman–Crippen LogP) is 1.01. The highest BCUT2D eigenvalue weighted by Crippen LogP contribution is 2.07. The minimum atomic E-state index is -1.15. The van der Waals surface area contributed by atoms with Gasteiger partial charge in [-0.25, -0.2) is 0 Å². The number of carbonyl (C=O) groups is 2. The minimum absolute atomic E-state index is 0.344. The average Bonchev–Trinajstić information content (AvgIpc) is 2.25. The van der Waals surface area contributed by atoms with E-state index in [0.717, 1.165) is 11.1 Å². The molecule has 0 saturated heterocycles. The molecule has 0 radical (unpaired) electrons. The Morgan fingerprint density at radius 3 is 2.47 bits per heavy atom. The Morgan fingerprint density at radius 2 is 1.94 bits per heavy atom. The third kappa shape index (κ3) is 4.24. The van der Waals surface area contributed by atoms with E-state index < -0.39 is 24.4 Å². The molecular formula is C12H15NO4. The molecule has 1 aromatic rings. The van der Waals surface area contributed by atoms with Crippen LogP contribution in [-0.4, -0.2) is 28.2 Å². The molecule has 1 atom stereocenters. The molecule has 0 amide bonds. The maximum absolute atomic E-state index is 10.8. The van der Waals surface area contributed by atoms with Crippen LogP contribution in [0.4, 0.5) is 0 Å². The van der Waals surface area contributed by atoms with Crippen molar-refractivity contribution in [3.05, 3.63) is 35.4 Å². The number of hydrogen-bond donors (Lipinski definition) is 3. The van der Waals surface area contributed by atoms with Gasteiger partial charge in [-0.3, -0.25) is 14.9 Å². The number of rotatable bonds is 6. The van der Waals surface area contributed by atoms with Crippen LogP contribution in [0.3, 0.4) is 0 Å². The molecular weight excluding hydrogens is 222 g/mol. The van der Waals surface area contributed by atoms with Gasteiger partial charge in [-0.1, -0.05) is 24.3 Å². The second-order valence-corrected chi connectivity index (χ2v) is 3.80. The highest BCUT2D eigenvalue weighted by Gasteiger charge is 2.20. The first-order valence-corrected chi connectivity index (χ1v) is 5.23. The normalized spacial score (nSPS) is 12.1. The molecule has 0 aliphatic heterocycles. The summed E-state index contributed by atoms with van der Waals surface area (Å²) in [6.07, 6.45) is -0.429. The summed E-state index contributed by atoms with van der Waals surface area (Å²) in [5, 5.41) is 20.2. The van der Waals surface area contributed by atoms with Crippen LogP contribution in [0.25, 0.3) is 0 Å². The van der Waals surface area contributed by atoms with Crippen LogP contribution in [0.2, 0.25) is 0 Å². The second kappa shape index (κ2) is 6.00. The lowest BCUT2D eigenvalue weighted by Crippen LogP contribution is -2.38. The van der Waals surface area contributed by atoms with E-state index >= 15 is 0 Å². The van der Waals surface area contributed by atoms with Crippen LogP contribution in [-0.2, 0) is 16.1 Å². The summed E-state index contributed by atoms with van der Waals surface area (Å²) in [6.45, 7) is 2.26. The summed E-state index contributed by atoms with van der Waals surface area (Å²) in [6, 6.07) is 6.49. The van der Waals surface area contributed by atoms with Crippen LogP contribution >= 0.6 is 0 Å². The van der Waals surface area contributed by atoms with Gasteiger partial charge in [0.15, 0.2) is 0 Å². The standard InChI is InChI=1S/C12H15NO4/c1-8-4-2-3-5-9(8)7-13-10(12(16)17)6-11(14)15/h2-5,10,13H,6-7H2,1H3,(H,14,15)(H,16,17). The molecule has 0 saturated carbocycles. The molecule has 0 fully saturated rings. The van der Waals surface area contributed by atoms with Crippen molar-refractivity contribution in [1.82, 2.24) is 5.32 Å². The van der Waals surface area contributed by atoms with E-state index in [-0.39, 0.29) is 0 Å². The van der Waals surface area contributed by atoms with Crippen LogP contribution in [0.15, 0.2) is 24.3 Å². The lowest BCUT2D eigenvalue weighted by molar-refractivity contribution is -0.146. The van der Waals surface area contributed by atoms with Gasteiger partial charge in [0.25, 0.3) is 0 Å². The van der Waals surface area contributed by atoms with Gasteiger partial charge in [0, 0.05) is 6.54 Å². The summed E-state index contributed by atoms with van der Waals surface area (Å²) in [5.41, 5.74) is 2.00. The van der Waals surface area contributed by atoms with E-state index in [4.69, 9.17) is 10.2 Å². The van der Waals surface area contributed by atoms with Crippen molar-refractivity contribution < 1.29 is 19.8 Å². The molecule has 0 spiro atoms. The molecule has 5 heteroatoms. The third-order valence-electron chi connectivity index (χ3n) is 2.48. The molecule has 1 rings (SSSR count). The number of hydrogen-bond acceptors (Lipinski definition) is 3. The maximum atomic E-state index is 10.8. The number of aliphatic carboxylic acids is 2. The number of benzene rings is 1. The van der Waals surface area contributed by atoms with Gasteiger partial charge in [0.2, 0.25) is 0 Å². The van der Waals surface area contributed by atoms with E-state index in [1.54, 1.807) is 0 Å². The SMILES string of the molecule is Cc1ccccc1CNC(CC(=O)O)C(=O)O. The van der Waals surface area contributed by atoms with E-state index in [9.17, 15) is 9.59 Å². The van der Waals surface area contributed by atoms with Gasteiger partial charge < -0.3 is 10.2 Å². The fourth-order valence-electron chi connectivity index (χ4n) is 1.46. The van der Waals surface area contributed by atoms with Gasteiger partial charge in [-0.15, -0.1) is 0 Å². The van der Waals surface area contributed by atoms with E-state index in [0.29, 0.717) is 6.54 Å². The van der Waals surface area contributed by atoms with E-state index in [1.807, 2.05) is 31.2 Å². The number of nitrogens with one attached hydrogen (secondary N) is 1. The Labute approximate surface area is 99.1 Å². The first kappa shape index (κ1) is 13.2. The van der Waals surface area contributed by atoms with Crippen LogP contribution in [0.1, 0.15) is 17.5 Å². The van der Waals surface area contributed by atoms with Crippen LogP contribution in [0.5, 0.6) is 0 Å². The quantitative estimate of drug-likeness (QED) is 0.687. The molecule has 92 valence electrons. The molecule has 1 aromatic carbocycles. The summed E-state index contributed by atoms with van der Waals surface area (Å²) < 4.78 is 0. The molecule has 0 aromatic heterocycles. The number of aryl methyl sites for hydroxylation is 1. The van der Waals surface area contributed by atoms with Crippen LogP contribution in [0, 0.1) is 6.92 Å². The molecule has 1 unspecified atom stereocenters. The molecule has 0 aliphatic rings. The first-order chi connectivity index (χ1) is 8.00. The van der Waals surface area contributed by atoms with Gasteiger partial charge in [0.05, 0.1) is 6.42 Å². The number of carboxylic acids is 2. The molecule has 0 heterocycles. The fraction of sp³-hybridized carbons (Fsp3) is 0.333. The first-order valence-electron chi connectivity index (χ1n) is 5.23. The van der Waals surface area contributed by atoms with Crippen molar-refractivity contribution in [3.63, 3.8) is 0 Å². The summed E-state index contributed by atoms with van der Waals surface area (Å²) >= 11 is 0. The molecule has 0 bridgehead atoms. The molecule has 17 heavy (non-hydrogen) atoms. The maximum Gasteiger partial charge on any atom is 0.321 e. The smallest absolute Gasteiger partial charge is 0.321 e. The van der Waals surface area contributed by atoms with E-state index in [1.165, 1.54) is 0 Å². The Hall–Kier alpha value is -1.88. The van der Waals surface area contributed by atoms with E-state index in [2.05, 4.69) is 5.32 Å². The fourth-order valence-corrected chi connectivity index (χ4v) is 1.46. The van der Waals surface area contributed by atoms with Gasteiger partial charge in [-0.2, -0.15) is 0 Å². The largest absolute Gasteiger partial charge is 0.481 e. The van der Waals surface area contributed by atoms with Crippen molar-refractivity contribution in [2.45, 2.75) is 25.9 Å². The van der Waals surface area contributed by atoms with Crippen molar-refractivity contribution >= 4 is 11.9 Å². The van der Waals surface area contributed by atoms with Crippen molar-refractivity contribution in [1.29, 1.82) is 0 Å². The van der Waals surface area contributed by atoms with Crippen molar-refractivity contribution in [2.75, 3.05) is 0 Å². The summed E-state index contributed by atoms with van der Waals surface area (Å²) in [7, 11) is 0.